The molecule has 0 amide bonds. The van der Waals surface area contributed by atoms with Gasteiger partial charge in [-0.25, -0.2) is 0 Å². The minimum absolute atomic E-state index is 0.168. The summed E-state index contributed by atoms with van der Waals surface area (Å²) >= 11 is 0. The molecule has 1 N–H and O–H groups in total. The number of carbonyl (C=O) groups excluding carboxylic acids is 1. The first kappa shape index (κ1) is 9.71. The maximum atomic E-state index is 11.4. The third kappa shape index (κ3) is 1.86. The first-order valence-electron chi connectivity index (χ1n) is 4.30. The van der Waals surface area contributed by atoms with E-state index < -0.39 is 0 Å². The Hall–Kier alpha value is -1.38. The van der Waals surface area contributed by atoms with Crippen molar-refractivity contribution < 1.29 is 4.79 Å². The van der Waals surface area contributed by atoms with Gasteiger partial charge in [0, 0.05) is 5.69 Å². The van der Waals surface area contributed by atoms with Crippen LogP contribution in [0.2, 0.25) is 0 Å². The Morgan fingerprint density at radius 3 is 2.62 bits per heavy atom. The smallest absolute Gasteiger partial charge is 0.259 e. The van der Waals surface area contributed by atoms with Crippen LogP contribution in [0.4, 0.5) is 0 Å². The number of pyridine rings is 1. The number of aryl methyl sites for hydroxylation is 2. The average Bonchev–Trinajstić information content (AvgIpc) is 2.01. The van der Waals surface area contributed by atoms with Crippen LogP contribution in [-0.2, 0) is 6.42 Å². The predicted octanol–water partition coefficient (Wildman–Crippen LogP) is 1.45. The van der Waals surface area contributed by atoms with Crippen LogP contribution >= 0.6 is 0 Å². The molecule has 0 unspecified atom stereocenters. The van der Waals surface area contributed by atoms with Gasteiger partial charge < -0.3 is 4.98 Å². The molecule has 70 valence electrons. The first-order valence-corrected chi connectivity index (χ1v) is 4.30. The Balaban J connectivity index is 3.48. The normalized spacial score (nSPS) is 10.1. The minimum Gasteiger partial charge on any atom is -0.326 e. The van der Waals surface area contributed by atoms with Gasteiger partial charge in [-0.3, -0.25) is 9.59 Å². The van der Waals surface area contributed by atoms with E-state index in [0.29, 0.717) is 12.0 Å². The van der Waals surface area contributed by atoms with Crippen LogP contribution in [0.25, 0.3) is 0 Å². The number of aromatic nitrogens is 1. The van der Waals surface area contributed by atoms with E-state index in [1.807, 2.05) is 19.9 Å². The van der Waals surface area contributed by atoms with Crippen molar-refractivity contribution in [2.24, 2.45) is 0 Å². The highest BCUT2D eigenvalue weighted by molar-refractivity contribution is 5.95. The Morgan fingerprint density at radius 2 is 2.15 bits per heavy atom. The summed E-state index contributed by atoms with van der Waals surface area (Å²) in [5.74, 6) is -0.168. The number of nitrogens with one attached hydrogen (secondary N) is 1. The summed E-state index contributed by atoms with van der Waals surface area (Å²) < 4.78 is 0. The molecule has 0 saturated heterocycles. The van der Waals surface area contributed by atoms with Crippen molar-refractivity contribution in [3.8, 4) is 0 Å². The van der Waals surface area contributed by atoms with E-state index in [2.05, 4.69) is 4.98 Å². The average molecular weight is 179 g/mol. The van der Waals surface area contributed by atoms with Crippen LogP contribution in [0.1, 0.15) is 35.5 Å². The molecular weight excluding hydrogens is 166 g/mol. The maximum absolute atomic E-state index is 11.4. The molecule has 1 aromatic rings. The third-order valence-electron chi connectivity index (χ3n) is 1.98. The second-order valence-electron chi connectivity index (χ2n) is 3.09. The first-order chi connectivity index (χ1) is 6.06. The predicted molar refractivity (Wildman–Crippen MR) is 51.2 cm³/mol. The summed E-state index contributed by atoms with van der Waals surface area (Å²) in [5, 5.41) is 0. The lowest BCUT2D eigenvalue weighted by molar-refractivity contribution is 0.101. The molecule has 13 heavy (non-hydrogen) atoms. The number of H-pyrrole nitrogens is 1. The SMILES string of the molecule is CCc1cc(C)[nH]c(=O)c1C(C)=O. The van der Waals surface area contributed by atoms with Gasteiger partial charge in [0.05, 0.1) is 5.56 Å². The molecule has 0 fully saturated rings. The van der Waals surface area contributed by atoms with Crippen LogP contribution in [0.3, 0.4) is 0 Å². The van der Waals surface area contributed by atoms with Gasteiger partial charge in [-0.05, 0) is 31.9 Å². The van der Waals surface area contributed by atoms with Crippen molar-refractivity contribution >= 4 is 5.78 Å². The van der Waals surface area contributed by atoms with E-state index >= 15 is 0 Å². The van der Waals surface area contributed by atoms with Gasteiger partial charge in [-0.15, -0.1) is 0 Å². The van der Waals surface area contributed by atoms with Crippen LogP contribution in [0.15, 0.2) is 10.9 Å². The molecule has 3 heteroatoms. The molecule has 0 aromatic carbocycles. The fourth-order valence-corrected chi connectivity index (χ4v) is 1.42. The lowest BCUT2D eigenvalue weighted by Gasteiger charge is -2.04. The molecule has 1 aromatic heterocycles. The van der Waals surface area contributed by atoms with E-state index in [1.165, 1.54) is 6.92 Å². The molecule has 1 heterocycles. The molecule has 0 bridgehead atoms. The highest BCUT2D eigenvalue weighted by Gasteiger charge is 2.10. The summed E-state index contributed by atoms with van der Waals surface area (Å²) in [6, 6.07) is 1.85. The molecule has 0 radical (unpaired) electrons. The molecule has 0 saturated carbocycles. The fourth-order valence-electron chi connectivity index (χ4n) is 1.42. The van der Waals surface area contributed by atoms with E-state index in [-0.39, 0.29) is 11.3 Å². The summed E-state index contributed by atoms with van der Waals surface area (Å²) in [5.41, 5.74) is 1.65. The zero-order valence-electron chi connectivity index (χ0n) is 8.10. The van der Waals surface area contributed by atoms with Crippen LogP contribution in [0.5, 0.6) is 0 Å². The van der Waals surface area contributed by atoms with E-state index in [9.17, 15) is 9.59 Å². The Bertz CT molecular complexity index is 390. The lowest BCUT2D eigenvalue weighted by Crippen LogP contribution is -2.19. The van der Waals surface area contributed by atoms with E-state index in [1.54, 1.807) is 0 Å². The number of hydrogen-bond donors (Lipinski definition) is 1. The van der Waals surface area contributed by atoms with Gasteiger partial charge >= 0.3 is 0 Å². The topological polar surface area (TPSA) is 49.9 Å². The van der Waals surface area contributed by atoms with Gasteiger partial charge in [-0.2, -0.15) is 0 Å². The number of Topliss-reactive ketones (excluding diaryl/α,β-unsaturated/α-hetero) is 1. The summed E-state index contributed by atoms with van der Waals surface area (Å²) in [6.45, 7) is 5.16. The monoisotopic (exact) mass is 179 g/mol. The zero-order chi connectivity index (χ0) is 10.0. The number of aromatic amines is 1. The van der Waals surface area contributed by atoms with Gasteiger partial charge in [0.15, 0.2) is 5.78 Å². The zero-order valence-corrected chi connectivity index (χ0v) is 8.10. The molecule has 3 nitrogen and oxygen atoms in total. The molecule has 0 aliphatic rings. The second-order valence-corrected chi connectivity index (χ2v) is 3.09. The highest BCUT2D eigenvalue weighted by Crippen LogP contribution is 2.06. The van der Waals surface area contributed by atoms with Crippen molar-refractivity contribution in [1.29, 1.82) is 0 Å². The molecule has 0 atom stereocenters. The van der Waals surface area contributed by atoms with Crippen molar-refractivity contribution in [3.63, 3.8) is 0 Å². The largest absolute Gasteiger partial charge is 0.326 e. The number of ketones is 1. The van der Waals surface area contributed by atoms with Crippen molar-refractivity contribution in [2.75, 3.05) is 0 Å². The van der Waals surface area contributed by atoms with Crippen LogP contribution in [-0.4, -0.2) is 10.8 Å². The highest BCUT2D eigenvalue weighted by atomic mass is 16.1. The lowest BCUT2D eigenvalue weighted by atomic mass is 10.0. The second kappa shape index (κ2) is 3.56. The number of carbonyl (C=O) groups is 1. The van der Waals surface area contributed by atoms with E-state index in [4.69, 9.17) is 0 Å². The van der Waals surface area contributed by atoms with Gasteiger partial charge in [-0.1, -0.05) is 6.92 Å². The van der Waals surface area contributed by atoms with Crippen molar-refractivity contribution in [2.45, 2.75) is 27.2 Å². The summed E-state index contributed by atoms with van der Waals surface area (Å²) in [7, 11) is 0. The molecule has 1 rings (SSSR count). The Morgan fingerprint density at radius 1 is 1.54 bits per heavy atom. The van der Waals surface area contributed by atoms with E-state index in [0.717, 1.165) is 11.3 Å². The standard InChI is InChI=1S/C10H13NO2/c1-4-8-5-6(2)11-10(13)9(8)7(3)12/h5H,4H2,1-3H3,(H,11,13). The fraction of sp³-hybridized carbons (Fsp3) is 0.400. The summed E-state index contributed by atoms with van der Waals surface area (Å²) in [6.07, 6.45) is 0.708. The summed E-state index contributed by atoms with van der Waals surface area (Å²) in [4.78, 5) is 25.1. The Kier molecular flexibility index (Phi) is 2.66. The van der Waals surface area contributed by atoms with Gasteiger partial charge in [0.2, 0.25) is 0 Å². The number of rotatable bonds is 2. The Labute approximate surface area is 76.8 Å². The van der Waals surface area contributed by atoms with Crippen LogP contribution < -0.4 is 5.56 Å². The molecule has 0 spiro atoms. The third-order valence-corrected chi connectivity index (χ3v) is 1.98. The molecule has 0 aliphatic carbocycles. The number of hydrogen-bond acceptors (Lipinski definition) is 2. The van der Waals surface area contributed by atoms with Crippen molar-refractivity contribution in [3.05, 3.63) is 33.2 Å². The van der Waals surface area contributed by atoms with Crippen molar-refractivity contribution in [1.82, 2.24) is 4.98 Å². The molecule has 0 aliphatic heterocycles. The van der Waals surface area contributed by atoms with Crippen LogP contribution in [0, 0.1) is 6.92 Å². The minimum atomic E-state index is -0.274. The van der Waals surface area contributed by atoms with Gasteiger partial charge in [0.1, 0.15) is 0 Å². The maximum Gasteiger partial charge on any atom is 0.259 e. The molecular formula is C10H13NO2. The van der Waals surface area contributed by atoms with Gasteiger partial charge in [0.25, 0.3) is 5.56 Å². The quantitative estimate of drug-likeness (QED) is 0.698.